The van der Waals surface area contributed by atoms with Crippen LogP contribution in [0.25, 0.3) is 0 Å². The van der Waals surface area contributed by atoms with Crippen molar-refractivity contribution in [3.8, 4) is 11.8 Å². The van der Waals surface area contributed by atoms with E-state index in [0.29, 0.717) is 24.6 Å². The van der Waals surface area contributed by atoms with Crippen LogP contribution >= 0.6 is 0 Å². The Bertz CT molecular complexity index is 1050. The molecule has 2 aromatic rings. The Hall–Kier alpha value is -2.84. The number of nitriles is 1. The SMILES string of the molecule is N#Cc1cccc(OCC2(CC[C@@H]3CC3c3ccccc3)CCN(CC3(C(=O)O)CC3)CC2)c1. The number of likely N-dealkylation sites (tertiary alicyclic amines) is 1. The number of benzene rings is 2. The fourth-order valence-electron chi connectivity index (χ4n) is 5.73. The lowest BCUT2D eigenvalue weighted by Gasteiger charge is -2.42. The number of hydrogen-bond donors (Lipinski definition) is 1. The number of piperidine rings is 1. The molecule has 1 N–H and O–H groups in total. The molecule has 1 heterocycles. The third-order valence-electron chi connectivity index (χ3n) is 8.45. The van der Waals surface area contributed by atoms with E-state index in [1.165, 1.54) is 18.4 Å². The smallest absolute Gasteiger partial charge is 0.310 e. The van der Waals surface area contributed by atoms with Crippen molar-refractivity contribution in [1.29, 1.82) is 5.26 Å². The number of hydrogen-bond acceptors (Lipinski definition) is 4. The second kappa shape index (κ2) is 9.43. The summed E-state index contributed by atoms with van der Waals surface area (Å²) < 4.78 is 6.28. The van der Waals surface area contributed by atoms with Crippen LogP contribution in [-0.2, 0) is 4.79 Å². The van der Waals surface area contributed by atoms with E-state index in [2.05, 4.69) is 41.3 Å². The number of rotatable bonds is 10. The van der Waals surface area contributed by atoms with Crippen molar-refractivity contribution < 1.29 is 14.6 Å². The van der Waals surface area contributed by atoms with Crippen LogP contribution in [0.4, 0.5) is 0 Å². The molecular weight excluding hydrogens is 424 g/mol. The molecule has 0 aromatic heterocycles. The van der Waals surface area contributed by atoms with Gasteiger partial charge in [0.25, 0.3) is 0 Å². The molecule has 1 aliphatic heterocycles. The summed E-state index contributed by atoms with van der Waals surface area (Å²) in [7, 11) is 0. The molecule has 2 atom stereocenters. The quantitative estimate of drug-likeness (QED) is 0.511. The van der Waals surface area contributed by atoms with E-state index in [9.17, 15) is 15.2 Å². The Balaban J connectivity index is 1.22. The third-order valence-corrected chi connectivity index (χ3v) is 8.45. The van der Waals surface area contributed by atoms with Crippen LogP contribution in [0.1, 0.15) is 62.0 Å². The minimum absolute atomic E-state index is 0.100. The summed E-state index contributed by atoms with van der Waals surface area (Å²) in [6, 6.07) is 20.5. The van der Waals surface area contributed by atoms with Gasteiger partial charge in [0.15, 0.2) is 0 Å². The first kappa shape index (κ1) is 22.9. The van der Waals surface area contributed by atoms with Crippen molar-refractivity contribution in [2.75, 3.05) is 26.2 Å². The molecule has 3 fully saturated rings. The maximum absolute atomic E-state index is 11.7. The van der Waals surface area contributed by atoms with Gasteiger partial charge in [0.2, 0.25) is 0 Å². The van der Waals surface area contributed by atoms with Gasteiger partial charge in [-0.3, -0.25) is 4.79 Å². The maximum atomic E-state index is 11.7. The Kier molecular flexibility index (Phi) is 6.36. The highest BCUT2D eigenvalue weighted by molar-refractivity contribution is 5.78. The molecule has 1 saturated heterocycles. The zero-order valence-electron chi connectivity index (χ0n) is 19.8. The highest BCUT2D eigenvalue weighted by atomic mass is 16.5. The van der Waals surface area contributed by atoms with Gasteiger partial charge in [-0.15, -0.1) is 0 Å². The zero-order valence-corrected chi connectivity index (χ0v) is 19.8. The molecule has 2 aromatic carbocycles. The summed E-state index contributed by atoms with van der Waals surface area (Å²) in [5, 5.41) is 18.8. The van der Waals surface area contributed by atoms with Gasteiger partial charge in [-0.1, -0.05) is 36.4 Å². The highest BCUT2D eigenvalue weighted by Crippen LogP contribution is 2.53. The lowest BCUT2D eigenvalue weighted by Crippen LogP contribution is -2.46. The summed E-state index contributed by atoms with van der Waals surface area (Å²) in [5.74, 6) is 1.57. The van der Waals surface area contributed by atoms with Gasteiger partial charge in [0, 0.05) is 12.0 Å². The molecule has 5 rings (SSSR count). The summed E-state index contributed by atoms with van der Waals surface area (Å²) in [6.45, 7) is 3.21. The number of carboxylic acid groups (broad SMARTS) is 1. The van der Waals surface area contributed by atoms with Crippen LogP contribution in [0.5, 0.6) is 5.75 Å². The minimum atomic E-state index is -0.634. The first-order valence-corrected chi connectivity index (χ1v) is 12.6. The molecule has 0 bridgehead atoms. The normalized spacial score (nSPS) is 24.7. The molecule has 0 radical (unpaired) electrons. The highest BCUT2D eigenvalue weighted by Gasteiger charge is 2.52. The first-order chi connectivity index (χ1) is 16.5. The molecule has 34 heavy (non-hydrogen) atoms. The summed E-state index contributed by atoms with van der Waals surface area (Å²) in [5.41, 5.74) is 1.69. The monoisotopic (exact) mass is 458 g/mol. The first-order valence-electron chi connectivity index (χ1n) is 12.6. The van der Waals surface area contributed by atoms with E-state index in [1.54, 1.807) is 6.07 Å². The number of nitrogens with zero attached hydrogens (tertiary/aromatic N) is 2. The van der Waals surface area contributed by atoms with Crippen LogP contribution < -0.4 is 4.74 Å². The van der Waals surface area contributed by atoms with Crippen LogP contribution in [0.15, 0.2) is 54.6 Å². The Morgan fingerprint density at radius 1 is 1.09 bits per heavy atom. The Morgan fingerprint density at radius 2 is 1.85 bits per heavy atom. The van der Waals surface area contributed by atoms with Crippen molar-refractivity contribution in [3.05, 3.63) is 65.7 Å². The summed E-state index contributed by atoms with van der Waals surface area (Å²) in [4.78, 5) is 14.0. The van der Waals surface area contributed by atoms with Gasteiger partial charge in [-0.25, -0.2) is 0 Å². The molecule has 2 aliphatic carbocycles. The third kappa shape index (κ3) is 5.13. The topological polar surface area (TPSA) is 73.6 Å². The molecular formula is C29H34N2O3. The van der Waals surface area contributed by atoms with Crippen molar-refractivity contribution >= 4 is 5.97 Å². The van der Waals surface area contributed by atoms with Crippen molar-refractivity contribution in [3.63, 3.8) is 0 Å². The predicted octanol–water partition coefficient (Wildman–Crippen LogP) is 5.47. The van der Waals surface area contributed by atoms with Gasteiger partial charge in [0.1, 0.15) is 5.75 Å². The Morgan fingerprint density at radius 3 is 2.53 bits per heavy atom. The minimum Gasteiger partial charge on any atom is -0.493 e. The van der Waals surface area contributed by atoms with E-state index in [0.717, 1.165) is 56.9 Å². The standard InChI is InChI=1S/C29H34N2O3/c30-19-22-5-4-8-25(17-22)34-21-28(10-9-24-18-26(24)23-6-2-1-3-7-23)13-15-31(16-14-28)20-29(11-12-29)27(32)33/h1-8,17,24,26H,9-16,18,20-21H2,(H,32,33)/t24-,26?/m1/s1. The number of aliphatic carboxylic acids is 1. The molecule has 3 aliphatic rings. The van der Waals surface area contributed by atoms with Crippen molar-refractivity contribution in [1.82, 2.24) is 4.90 Å². The molecule has 5 nitrogen and oxygen atoms in total. The van der Waals surface area contributed by atoms with Gasteiger partial charge >= 0.3 is 5.97 Å². The fraction of sp³-hybridized carbons (Fsp3) is 0.517. The van der Waals surface area contributed by atoms with E-state index < -0.39 is 11.4 Å². The van der Waals surface area contributed by atoms with E-state index in [-0.39, 0.29) is 5.41 Å². The van der Waals surface area contributed by atoms with Gasteiger partial charge in [0.05, 0.1) is 23.7 Å². The van der Waals surface area contributed by atoms with Crippen molar-refractivity contribution in [2.24, 2.45) is 16.7 Å². The van der Waals surface area contributed by atoms with Crippen LogP contribution in [0.3, 0.4) is 0 Å². The number of carboxylic acids is 1. The number of ether oxygens (including phenoxy) is 1. The average Bonchev–Trinajstić information content (AvgIpc) is 3.80. The second-order valence-electron chi connectivity index (χ2n) is 10.8. The fourth-order valence-corrected chi connectivity index (χ4v) is 5.73. The Labute approximate surface area is 202 Å². The van der Waals surface area contributed by atoms with Crippen LogP contribution in [0, 0.1) is 28.1 Å². The number of carbonyl (C=O) groups is 1. The van der Waals surface area contributed by atoms with E-state index in [4.69, 9.17) is 4.74 Å². The van der Waals surface area contributed by atoms with Crippen LogP contribution in [-0.4, -0.2) is 42.2 Å². The molecule has 0 amide bonds. The van der Waals surface area contributed by atoms with E-state index in [1.807, 2.05) is 18.2 Å². The van der Waals surface area contributed by atoms with Crippen molar-refractivity contribution in [2.45, 2.75) is 50.9 Å². The van der Waals surface area contributed by atoms with Gasteiger partial charge < -0.3 is 14.7 Å². The zero-order chi connectivity index (χ0) is 23.6. The summed E-state index contributed by atoms with van der Waals surface area (Å²) >= 11 is 0. The average molecular weight is 459 g/mol. The lowest BCUT2D eigenvalue weighted by atomic mass is 9.74. The predicted molar refractivity (Wildman–Crippen MR) is 131 cm³/mol. The molecule has 0 spiro atoms. The van der Waals surface area contributed by atoms with E-state index >= 15 is 0 Å². The second-order valence-corrected chi connectivity index (χ2v) is 10.8. The molecule has 5 heteroatoms. The maximum Gasteiger partial charge on any atom is 0.310 e. The van der Waals surface area contributed by atoms with Crippen LogP contribution in [0.2, 0.25) is 0 Å². The van der Waals surface area contributed by atoms with Gasteiger partial charge in [-0.2, -0.15) is 5.26 Å². The molecule has 1 unspecified atom stereocenters. The molecule has 178 valence electrons. The summed E-state index contributed by atoms with van der Waals surface area (Å²) in [6.07, 6.45) is 7.30. The van der Waals surface area contributed by atoms with Gasteiger partial charge in [-0.05, 0) is 93.6 Å². The lowest BCUT2D eigenvalue weighted by molar-refractivity contribution is -0.144. The molecule has 2 saturated carbocycles. The largest absolute Gasteiger partial charge is 0.493 e.